The number of rotatable bonds is 8. The second-order valence-corrected chi connectivity index (χ2v) is 6.59. The number of aromatic nitrogens is 1. The van der Waals surface area contributed by atoms with Crippen molar-refractivity contribution in [3.05, 3.63) is 18.5 Å². The van der Waals surface area contributed by atoms with Gasteiger partial charge in [0, 0.05) is 39.1 Å². The van der Waals surface area contributed by atoms with E-state index >= 15 is 0 Å². The van der Waals surface area contributed by atoms with Crippen LogP contribution in [0, 0.1) is 0 Å². The van der Waals surface area contributed by atoms with E-state index in [-0.39, 0.29) is 10.9 Å². The van der Waals surface area contributed by atoms with Crippen molar-refractivity contribution in [2.75, 3.05) is 32.6 Å². The van der Waals surface area contributed by atoms with Gasteiger partial charge in [0.25, 0.3) is 0 Å². The zero-order valence-corrected chi connectivity index (χ0v) is 13.3. The minimum atomic E-state index is -3.59. The number of ether oxygens (including phenoxy) is 1. The second kappa shape index (κ2) is 7.56. The molecule has 7 heteroatoms. The maximum absolute atomic E-state index is 12.6. The minimum Gasteiger partial charge on any atom is -0.384 e. The normalized spacial score (nSPS) is 13.4. The minimum absolute atomic E-state index is 0.193. The van der Waals surface area contributed by atoms with Gasteiger partial charge in [0.05, 0.1) is 12.3 Å². The molecule has 1 unspecified atom stereocenters. The summed E-state index contributed by atoms with van der Waals surface area (Å²) in [5.74, 6) is 0. The van der Waals surface area contributed by atoms with Crippen LogP contribution in [-0.4, -0.2) is 51.1 Å². The van der Waals surface area contributed by atoms with Gasteiger partial charge in [0.1, 0.15) is 4.90 Å². The molecule has 0 bridgehead atoms. The molecule has 0 saturated heterocycles. The number of sulfonamides is 1. The summed E-state index contributed by atoms with van der Waals surface area (Å²) in [4.78, 5) is 4.12. The number of nitrogens with one attached hydrogen (secondary N) is 1. The van der Waals surface area contributed by atoms with Gasteiger partial charge < -0.3 is 10.1 Å². The van der Waals surface area contributed by atoms with E-state index in [0.717, 1.165) is 6.42 Å². The Kier molecular flexibility index (Phi) is 6.38. The van der Waals surface area contributed by atoms with E-state index in [4.69, 9.17) is 4.74 Å². The number of nitrogens with zero attached hydrogens (tertiary/aromatic N) is 2. The molecule has 6 nitrogen and oxygen atoms in total. The lowest BCUT2D eigenvalue weighted by molar-refractivity contribution is 0.149. The fourth-order valence-corrected chi connectivity index (χ4v) is 3.19. The van der Waals surface area contributed by atoms with Gasteiger partial charge in [-0.05, 0) is 19.4 Å². The predicted molar refractivity (Wildman–Crippen MR) is 79.3 cm³/mol. The van der Waals surface area contributed by atoms with E-state index in [1.807, 2.05) is 6.92 Å². The van der Waals surface area contributed by atoms with Gasteiger partial charge in [0.15, 0.2) is 0 Å². The molecule has 1 heterocycles. The van der Waals surface area contributed by atoms with Crippen molar-refractivity contribution in [2.24, 2.45) is 0 Å². The van der Waals surface area contributed by atoms with Crippen LogP contribution in [0.1, 0.15) is 20.3 Å². The van der Waals surface area contributed by atoms with E-state index < -0.39 is 10.0 Å². The molecule has 1 rings (SSSR count). The molecule has 114 valence electrons. The fourth-order valence-electron chi connectivity index (χ4n) is 1.73. The van der Waals surface area contributed by atoms with Gasteiger partial charge in [0.2, 0.25) is 10.0 Å². The van der Waals surface area contributed by atoms with Crippen molar-refractivity contribution in [3.63, 3.8) is 0 Å². The molecule has 0 aliphatic rings. The van der Waals surface area contributed by atoms with E-state index in [1.54, 1.807) is 33.3 Å². The molecule has 1 atom stereocenters. The molecule has 0 saturated carbocycles. The Labute approximate surface area is 121 Å². The van der Waals surface area contributed by atoms with Crippen LogP contribution in [-0.2, 0) is 14.8 Å². The fraction of sp³-hybridized carbons (Fsp3) is 0.615. The van der Waals surface area contributed by atoms with E-state index in [2.05, 4.69) is 10.3 Å². The zero-order chi connectivity index (χ0) is 15.2. The number of methoxy groups -OCH3 is 1. The highest BCUT2D eigenvalue weighted by Gasteiger charge is 2.27. The van der Waals surface area contributed by atoms with E-state index in [0.29, 0.717) is 18.8 Å². The topological polar surface area (TPSA) is 71.5 Å². The quantitative estimate of drug-likeness (QED) is 0.789. The Morgan fingerprint density at radius 2 is 2.20 bits per heavy atom. The van der Waals surface area contributed by atoms with Gasteiger partial charge in [-0.2, -0.15) is 4.31 Å². The summed E-state index contributed by atoms with van der Waals surface area (Å²) >= 11 is 0. The van der Waals surface area contributed by atoms with Crippen molar-refractivity contribution in [2.45, 2.75) is 31.2 Å². The highest BCUT2D eigenvalue weighted by Crippen LogP contribution is 2.24. The van der Waals surface area contributed by atoms with Gasteiger partial charge in [-0.1, -0.05) is 6.92 Å². The summed E-state index contributed by atoms with van der Waals surface area (Å²) in [6.07, 6.45) is 3.87. The van der Waals surface area contributed by atoms with E-state index in [1.165, 1.54) is 10.5 Å². The van der Waals surface area contributed by atoms with Gasteiger partial charge in [-0.3, -0.25) is 4.98 Å². The summed E-state index contributed by atoms with van der Waals surface area (Å²) in [5, 5.41) is 3.12. The molecule has 1 aromatic rings. The van der Waals surface area contributed by atoms with Crippen molar-refractivity contribution in [3.8, 4) is 0 Å². The summed E-state index contributed by atoms with van der Waals surface area (Å²) in [6.45, 7) is 4.88. The number of hydrogen-bond acceptors (Lipinski definition) is 5. The first-order valence-electron chi connectivity index (χ1n) is 6.60. The average molecular weight is 301 g/mol. The lowest BCUT2D eigenvalue weighted by Crippen LogP contribution is -2.38. The summed E-state index contributed by atoms with van der Waals surface area (Å²) in [6, 6.07) is 1.43. The Hall–Kier alpha value is -1.18. The number of hydrogen-bond donors (Lipinski definition) is 1. The molecule has 0 amide bonds. The van der Waals surface area contributed by atoms with Crippen LogP contribution < -0.4 is 5.32 Å². The smallest absolute Gasteiger partial charge is 0.246 e. The van der Waals surface area contributed by atoms with Crippen LogP contribution in [0.15, 0.2) is 23.4 Å². The first-order chi connectivity index (χ1) is 9.45. The van der Waals surface area contributed by atoms with Crippen molar-refractivity contribution in [1.82, 2.24) is 9.29 Å². The van der Waals surface area contributed by atoms with Crippen molar-refractivity contribution >= 4 is 15.7 Å². The van der Waals surface area contributed by atoms with Crippen LogP contribution >= 0.6 is 0 Å². The van der Waals surface area contributed by atoms with Crippen LogP contribution in [0.4, 0.5) is 5.69 Å². The van der Waals surface area contributed by atoms with Crippen LogP contribution in [0.3, 0.4) is 0 Å². The number of anilines is 1. The first kappa shape index (κ1) is 16.9. The highest BCUT2D eigenvalue weighted by atomic mass is 32.2. The second-order valence-electron chi connectivity index (χ2n) is 4.62. The average Bonchev–Trinajstić information content (AvgIpc) is 2.44. The lowest BCUT2D eigenvalue weighted by atomic mass is 10.4. The Balaban J connectivity index is 3.08. The largest absolute Gasteiger partial charge is 0.384 e. The van der Waals surface area contributed by atoms with Crippen LogP contribution in [0.2, 0.25) is 0 Å². The third-order valence-electron chi connectivity index (χ3n) is 3.04. The molecule has 0 radical (unpaired) electrons. The predicted octanol–water partition coefficient (Wildman–Crippen LogP) is 1.56. The molecule has 20 heavy (non-hydrogen) atoms. The van der Waals surface area contributed by atoms with Crippen molar-refractivity contribution in [1.29, 1.82) is 0 Å². The molecular formula is C13H23N3O3S. The summed E-state index contributed by atoms with van der Waals surface area (Å²) < 4.78 is 31.6. The third kappa shape index (κ3) is 3.91. The third-order valence-corrected chi connectivity index (χ3v) is 5.03. The Bertz CT molecular complexity index is 519. The number of pyridine rings is 1. The van der Waals surface area contributed by atoms with Gasteiger partial charge in [-0.25, -0.2) is 8.42 Å². The monoisotopic (exact) mass is 301 g/mol. The first-order valence-corrected chi connectivity index (χ1v) is 8.04. The molecule has 0 aromatic carbocycles. The number of likely N-dealkylation sites (N-methyl/N-ethyl adjacent to an activating group) is 1. The maximum Gasteiger partial charge on any atom is 0.246 e. The maximum atomic E-state index is 12.6. The van der Waals surface area contributed by atoms with Crippen molar-refractivity contribution < 1.29 is 13.2 Å². The molecule has 0 aliphatic heterocycles. The Morgan fingerprint density at radius 1 is 1.50 bits per heavy atom. The van der Waals surface area contributed by atoms with Crippen LogP contribution in [0.5, 0.6) is 0 Å². The molecular weight excluding hydrogens is 278 g/mol. The Morgan fingerprint density at radius 3 is 2.80 bits per heavy atom. The van der Waals surface area contributed by atoms with Crippen LogP contribution in [0.25, 0.3) is 0 Å². The molecule has 0 aliphatic carbocycles. The molecule has 1 aromatic heterocycles. The van der Waals surface area contributed by atoms with E-state index in [9.17, 15) is 8.42 Å². The molecule has 0 fully saturated rings. The van der Waals surface area contributed by atoms with Gasteiger partial charge >= 0.3 is 0 Å². The summed E-state index contributed by atoms with van der Waals surface area (Å²) in [5.41, 5.74) is 0.582. The lowest BCUT2D eigenvalue weighted by Gasteiger charge is -2.24. The zero-order valence-electron chi connectivity index (χ0n) is 12.5. The molecule has 1 N–H and O–H groups in total. The van der Waals surface area contributed by atoms with Gasteiger partial charge in [-0.15, -0.1) is 0 Å². The molecule has 0 spiro atoms. The summed E-state index contributed by atoms with van der Waals surface area (Å²) in [7, 11) is -0.491. The standard InChI is InChI=1S/C13H23N3O3S/c1-5-7-15-12-6-8-14-9-13(12)20(17,18)16(3)11(2)10-19-4/h6,8-9,11H,5,7,10H2,1-4H3,(H,14,15). The SMILES string of the molecule is CCCNc1ccncc1S(=O)(=O)N(C)C(C)COC. The highest BCUT2D eigenvalue weighted by molar-refractivity contribution is 7.89.